The Labute approximate surface area is 110 Å². The minimum atomic E-state index is -1.22. The van der Waals surface area contributed by atoms with Crippen molar-refractivity contribution in [3.05, 3.63) is 35.5 Å². The van der Waals surface area contributed by atoms with Crippen LogP contribution >= 0.6 is 0 Å². The van der Waals surface area contributed by atoms with Gasteiger partial charge in [-0.2, -0.15) is 0 Å². The highest BCUT2D eigenvalue weighted by Crippen LogP contribution is 2.12. The zero-order valence-electron chi connectivity index (χ0n) is 10.6. The number of nitrogens with one attached hydrogen (secondary N) is 2. The van der Waals surface area contributed by atoms with Crippen LogP contribution in [0.25, 0.3) is 6.08 Å². The van der Waals surface area contributed by atoms with Crippen molar-refractivity contribution in [1.29, 1.82) is 0 Å². The Morgan fingerprint density at radius 3 is 2.05 bits per heavy atom. The molecule has 0 unspecified atom stereocenters. The van der Waals surface area contributed by atoms with Gasteiger partial charge in [-0.25, -0.2) is 4.79 Å². The lowest BCUT2D eigenvalue weighted by Crippen LogP contribution is -2.24. The molecule has 1 aromatic rings. The molecule has 0 aliphatic heterocycles. The first-order chi connectivity index (χ1) is 8.88. The van der Waals surface area contributed by atoms with Crippen LogP contribution in [0.4, 0.5) is 5.69 Å². The summed E-state index contributed by atoms with van der Waals surface area (Å²) >= 11 is 0. The van der Waals surface area contributed by atoms with Crippen molar-refractivity contribution >= 4 is 29.5 Å². The second kappa shape index (κ2) is 6.34. The maximum Gasteiger partial charge on any atom is 0.352 e. The smallest absolute Gasteiger partial charge is 0.352 e. The van der Waals surface area contributed by atoms with Crippen molar-refractivity contribution in [2.45, 2.75) is 13.8 Å². The zero-order chi connectivity index (χ0) is 14.4. The van der Waals surface area contributed by atoms with Gasteiger partial charge >= 0.3 is 5.97 Å². The lowest BCUT2D eigenvalue weighted by atomic mass is 10.1. The van der Waals surface area contributed by atoms with Gasteiger partial charge < -0.3 is 15.7 Å². The van der Waals surface area contributed by atoms with E-state index in [0.717, 1.165) is 0 Å². The second-order valence-corrected chi connectivity index (χ2v) is 3.85. The van der Waals surface area contributed by atoms with Crippen LogP contribution in [-0.4, -0.2) is 22.9 Å². The molecular formula is C13H14N2O4. The van der Waals surface area contributed by atoms with E-state index >= 15 is 0 Å². The van der Waals surface area contributed by atoms with Gasteiger partial charge in [-0.1, -0.05) is 12.1 Å². The third kappa shape index (κ3) is 5.03. The number of carboxylic acid groups (broad SMARTS) is 1. The predicted molar refractivity (Wildman–Crippen MR) is 70.2 cm³/mol. The number of carbonyl (C=O) groups excluding carboxylic acids is 2. The highest BCUT2D eigenvalue weighted by atomic mass is 16.4. The average molecular weight is 262 g/mol. The number of rotatable bonds is 4. The number of benzene rings is 1. The van der Waals surface area contributed by atoms with Crippen LogP contribution in [0.15, 0.2) is 30.0 Å². The van der Waals surface area contributed by atoms with E-state index in [2.05, 4.69) is 10.6 Å². The number of anilines is 1. The van der Waals surface area contributed by atoms with Crippen LogP contribution in [0, 0.1) is 0 Å². The van der Waals surface area contributed by atoms with E-state index in [9.17, 15) is 14.4 Å². The second-order valence-electron chi connectivity index (χ2n) is 3.85. The van der Waals surface area contributed by atoms with Gasteiger partial charge in [-0.05, 0) is 23.8 Å². The Bertz CT molecular complexity index is 532. The highest BCUT2D eigenvalue weighted by Gasteiger charge is 2.08. The lowest BCUT2D eigenvalue weighted by Gasteiger charge is -2.04. The molecule has 0 aliphatic rings. The molecule has 0 atom stereocenters. The molecule has 0 saturated heterocycles. The maximum atomic E-state index is 10.9. The van der Waals surface area contributed by atoms with Crippen molar-refractivity contribution in [3.63, 3.8) is 0 Å². The molecule has 6 nitrogen and oxygen atoms in total. The fraction of sp³-hybridized carbons (Fsp3) is 0.154. The summed E-state index contributed by atoms with van der Waals surface area (Å²) in [5.41, 5.74) is 1.00. The molecule has 0 bridgehead atoms. The molecule has 6 heteroatoms. The molecule has 3 N–H and O–H groups in total. The van der Waals surface area contributed by atoms with Crippen LogP contribution < -0.4 is 10.6 Å². The van der Waals surface area contributed by atoms with E-state index in [1.54, 1.807) is 24.3 Å². The summed E-state index contributed by atoms with van der Waals surface area (Å²) in [6.45, 7) is 2.63. The standard InChI is InChI=1S/C13H14N2O4/c1-8(16)14-11-5-3-10(4-6-11)7-12(13(18)19)15-9(2)17/h3-7H,1-2H3,(H,14,16)(H,15,17)(H,18,19). The van der Waals surface area contributed by atoms with Crippen LogP contribution in [0.2, 0.25) is 0 Å². The zero-order valence-corrected chi connectivity index (χ0v) is 10.6. The Morgan fingerprint density at radius 2 is 1.63 bits per heavy atom. The maximum absolute atomic E-state index is 10.9. The number of hydrogen-bond donors (Lipinski definition) is 3. The fourth-order valence-electron chi connectivity index (χ4n) is 1.37. The molecule has 19 heavy (non-hydrogen) atoms. The molecule has 0 radical (unpaired) electrons. The fourth-order valence-corrected chi connectivity index (χ4v) is 1.37. The van der Waals surface area contributed by atoms with E-state index in [-0.39, 0.29) is 11.6 Å². The van der Waals surface area contributed by atoms with Gasteiger partial charge in [0.2, 0.25) is 11.8 Å². The molecule has 0 aromatic heterocycles. The number of amides is 2. The number of carbonyl (C=O) groups is 3. The number of hydrogen-bond acceptors (Lipinski definition) is 3. The average Bonchev–Trinajstić information content (AvgIpc) is 2.29. The summed E-state index contributed by atoms with van der Waals surface area (Å²) in [5.74, 6) is -1.86. The summed E-state index contributed by atoms with van der Waals surface area (Å²) < 4.78 is 0. The minimum absolute atomic E-state index is 0.187. The van der Waals surface area contributed by atoms with Crippen LogP contribution in [0.5, 0.6) is 0 Å². The molecule has 0 spiro atoms. The summed E-state index contributed by atoms with van der Waals surface area (Å²) in [6.07, 6.45) is 1.33. The third-order valence-electron chi connectivity index (χ3n) is 2.08. The summed E-state index contributed by atoms with van der Waals surface area (Å²) in [5, 5.41) is 13.7. The van der Waals surface area contributed by atoms with Crippen LogP contribution in [0.1, 0.15) is 19.4 Å². The van der Waals surface area contributed by atoms with E-state index < -0.39 is 11.9 Å². The Morgan fingerprint density at radius 1 is 1.05 bits per heavy atom. The molecule has 1 aromatic carbocycles. The predicted octanol–water partition coefficient (Wildman–Crippen LogP) is 1.21. The largest absolute Gasteiger partial charge is 0.477 e. The normalized spacial score (nSPS) is 10.7. The molecular weight excluding hydrogens is 248 g/mol. The van der Waals surface area contributed by atoms with Gasteiger partial charge in [-0.15, -0.1) is 0 Å². The SMILES string of the molecule is CC(=O)NC(=Cc1ccc(NC(C)=O)cc1)C(=O)O. The molecule has 0 saturated carbocycles. The van der Waals surface area contributed by atoms with Gasteiger partial charge in [0, 0.05) is 19.5 Å². The van der Waals surface area contributed by atoms with Gasteiger partial charge in [0.15, 0.2) is 0 Å². The first-order valence-electron chi connectivity index (χ1n) is 5.48. The van der Waals surface area contributed by atoms with Crippen molar-refractivity contribution in [3.8, 4) is 0 Å². The Balaban J connectivity index is 2.92. The Hall–Kier alpha value is -2.63. The van der Waals surface area contributed by atoms with Crippen molar-refractivity contribution in [2.75, 3.05) is 5.32 Å². The first kappa shape index (κ1) is 14.4. The lowest BCUT2D eigenvalue weighted by molar-refractivity contribution is -0.134. The molecule has 0 fully saturated rings. The van der Waals surface area contributed by atoms with Crippen LogP contribution in [-0.2, 0) is 14.4 Å². The number of aliphatic carboxylic acids is 1. The van der Waals surface area contributed by atoms with Gasteiger partial charge in [0.1, 0.15) is 5.70 Å². The van der Waals surface area contributed by atoms with E-state index in [0.29, 0.717) is 11.3 Å². The third-order valence-corrected chi connectivity index (χ3v) is 2.08. The minimum Gasteiger partial charge on any atom is -0.477 e. The van der Waals surface area contributed by atoms with Crippen molar-refractivity contribution in [1.82, 2.24) is 5.32 Å². The molecule has 0 heterocycles. The van der Waals surface area contributed by atoms with E-state index in [1.165, 1.54) is 19.9 Å². The molecule has 1 rings (SSSR count). The monoisotopic (exact) mass is 262 g/mol. The summed E-state index contributed by atoms with van der Waals surface area (Å²) in [4.78, 5) is 32.6. The topological polar surface area (TPSA) is 95.5 Å². The quantitative estimate of drug-likeness (QED) is 0.710. The van der Waals surface area contributed by atoms with Crippen LogP contribution in [0.3, 0.4) is 0 Å². The number of carboxylic acids is 1. The molecule has 2 amide bonds. The highest BCUT2D eigenvalue weighted by molar-refractivity contribution is 5.96. The first-order valence-corrected chi connectivity index (χ1v) is 5.48. The Kier molecular flexibility index (Phi) is 4.82. The molecule has 0 aliphatic carbocycles. The van der Waals surface area contributed by atoms with Crippen molar-refractivity contribution < 1.29 is 19.5 Å². The molecule has 100 valence electrons. The summed E-state index contributed by atoms with van der Waals surface area (Å²) in [6, 6.07) is 6.55. The van der Waals surface area contributed by atoms with Gasteiger partial charge in [-0.3, -0.25) is 9.59 Å². The van der Waals surface area contributed by atoms with E-state index in [4.69, 9.17) is 5.11 Å². The van der Waals surface area contributed by atoms with Gasteiger partial charge in [0.25, 0.3) is 0 Å². The van der Waals surface area contributed by atoms with E-state index in [1.807, 2.05) is 0 Å². The summed E-state index contributed by atoms with van der Waals surface area (Å²) in [7, 11) is 0. The van der Waals surface area contributed by atoms with Gasteiger partial charge in [0.05, 0.1) is 0 Å². The van der Waals surface area contributed by atoms with Crippen molar-refractivity contribution in [2.24, 2.45) is 0 Å².